The molecule has 1 nitrogen and oxygen atoms in total. The maximum Gasteiger partial charge on any atom is 0.0323 e. The lowest BCUT2D eigenvalue weighted by molar-refractivity contribution is 1.64. The van der Waals surface area contributed by atoms with Crippen LogP contribution in [-0.4, -0.2) is 13.0 Å². The Labute approximate surface area is 42.2 Å². The van der Waals surface area contributed by atoms with Crippen molar-refractivity contribution in [1.29, 1.82) is 0 Å². The van der Waals surface area contributed by atoms with Crippen LogP contribution in [0.5, 0.6) is 0 Å². The monoisotopic (exact) mass is 101 g/mol. The highest BCUT2D eigenvalue weighted by molar-refractivity contribution is 8.01. The van der Waals surface area contributed by atoms with Gasteiger partial charge in [-0.05, 0) is 18.4 Å². The molecule has 0 bridgehead atoms. The van der Waals surface area contributed by atoms with Gasteiger partial charge < -0.3 is 0 Å². The van der Waals surface area contributed by atoms with Crippen LogP contribution in [0.1, 0.15) is 0 Å². The van der Waals surface area contributed by atoms with Crippen molar-refractivity contribution in [1.82, 2.24) is 0 Å². The molecule has 0 radical (unpaired) electrons. The summed E-state index contributed by atoms with van der Waals surface area (Å²) in [4.78, 5) is 3.47. The molecule has 0 N–H and O–H groups in total. The zero-order chi connectivity index (χ0) is 4.83. The van der Waals surface area contributed by atoms with E-state index in [1.807, 2.05) is 11.7 Å². The van der Waals surface area contributed by atoms with E-state index in [1.54, 1.807) is 18.0 Å². The molecule has 0 fully saturated rings. The second kappa shape index (κ2) is 4.76. The Morgan fingerprint density at radius 1 is 1.83 bits per heavy atom. The third kappa shape index (κ3) is 3.76. The minimum atomic E-state index is 1.61. The lowest BCUT2D eigenvalue weighted by atomic mass is 11.1. The van der Waals surface area contributed by atoms with E-state index in [1.165, 1.54) is 0 Å². The van der Waals surface area contributed by atoms with Crippen molar-refractivity contribution in [3.63, 3.8) is 0 Å². The van der Waals surface area contributed by atoms with Gasteiger partial charge in [0.05, 0.1) is 0 Å². The Morgan fingerprint density at radius 2 is 2.50 bits per heavy atom. The lowest BCUT2D eigenvalue weighted by Gasteiger charge is -1.68. The first-order valence-corrected chi connectivity index (χ1v) is 2.84. The molecule has 0 aliphatic rings. The molecule has 0 heterocycles. The van der Waals surface area contributed by atoms with Crippen LogP contribution in [0.4, 0.5) is 0 Å². The Morgan fingerprint density at radius 3 is 2.67 bits per heavy atom. The highest BCUT2D eigenvalue weighted by atomic mass is 32.2. The van der Waals surface area contributed by atoms with Crippen molar-refractivity contribution in [2.75, 3.05) is 6.26 Å². The van der Waals surface area contributed by atoms with Crippen LogP contribution in [0.15, 0.2) is 16.6 Å². The quantitative estimate of drug-likeness (QED) is 0.480. The second-order valence-corrected chi connectivity index (χ2v) is 1.45. The van der Waals surface area contributed by atoms with Crippen molar-refractivity contribution < 1.29 is 0 Å². The molecule has 0 saturated carbocycles. The van der Waals surface area contributed by atoms with E-state index in [9.17, 15) is 0 Å². The van der Waals surface area contributed by atoms with Gasteiger partial charge in [-0.3, -0.25) is 4.99 Å². The van der Waals surface area contributed by atoms with E-state index in [2.05, 4.69) is 11.7 Å². The number of rotatable bonds is 2. The largest absolute Gasteiger partial charge is 0.272 e. The smallest absolute Gasteiger partial charge is 0.0323 e. The van der Waals surface area contributed by atoms with Crippen molar-refractivity contribution in [3.8, 4) is 0 Å². The standard InChI is InChI=1S/C4H7NS/c1-5-3-4-6-2/h3-4H,1H2,2H3/b4-3-. The van der Waals surface area contributed by atoms with E-state index in [-0.39, 0.29) is 0 Å². The molecule has 0 aromatic rings. The summed E-state index contributed by atoms with van der Waals surface area (Å²) >= 11 is 1.61. The summed E-state index contributed by atoms with van der Waals surface area (Å²) in [6.45, 7) is 3.25. The molecule has 0 rings (SSSR count). The SMILES string of the molecule is C=N/C=C\SC. The van der Waals surface area contributed by atoms with Gasteiger partial charge in [0, 0.05) is 6.20 Å². The fourth-order valence-electron chi connectivity index (χ4n) is 0.104. The van der Waals surface area contributed by atoms with Gasteiger partial charge in [0.2, 0.25) is 0 Å². The van der Waals surface area contributed by atoms with Gasteiger partial charge in [-0.15, -0.1) is 11.8 Å². The van der Waals surface area contributed by atoms with Gasteiger partial charge in [0.1, 0.15) is 0 Å². The van der Waals surface area contributed by atoms with Gasteiger partial charge in [-0.25, -0.2) is 0 Å². The lowest BCUT2D eigenvalue weighted by Crippen LogP contribution is -1.40. The summed E-state index contributed by atoms with van der Waals surface area (Å²) in [6.07, 6.45) is 3.63. The molecular weight excluding hydrogens is 94.1 g/mol. The van der Waals surface area contributed by atoms with Crippen LogP contribution in [0.3, 0.4) is 0 Å². The number of aliphatic imine (C=N–C) groups is 1. The molecule has 0 aliphatic heterocycles. The molecule has 0 aromatic carbocycles. The zero-order valence-corrected chi connectivity index (χ0v) is 4.53. The molecule has 0 saturated heterocycles. The molecule has 34 valence electrons. The van der Waals surface area contributed by atoms with Crippen molar-refractivity contribution in [3.05, 3.63) is 11.6 Å². The van der Waals surface area contributed by atoms with Crippen LogP contribution in [0.25, 0.3) is 0 Å². The van der Waals surface area contributed by atoms with E-state index in [4.69, 9.17) is 0 Å². The summed E-state index contributed by atoms with van der Waals surface area (Å²) in [5.74, 6) is 0. The van der Waals surface area contributed by atoms with E-state index in [0.29, 0.717) is 0 Å². The summed E-state index contributed by atoms with van der Waals surface area (Å²) in [6, 6.07) is 0. The Balaban J connectivity index is 2.94. The van der Waals surface area contributed by atoms with Crippen LogP contribution in [0.2, 0.25) is 0 Å². The van der Waals surface area contributed by atoms with Crippen molar-refractivity contribution >= 4 is 18.5 Å². The normalized spacial score (nSPS) is 9.50. The number of hydrogen-bond donors (Lipinski definition) is 0. The van der Waals surface area contributed by atoms with Crippen LogP contribution >= 0.6 is 11.8 Å². The third-order valence-electron chi connectivity index (χ3n) is 0.302. The minimum Gasteiger partial charge on any atom is -0.272 e. The van der Waals surface area contributed by atoms with E-state index < -0.39 is 0 Å². The van der Waals surface area contributed by atoms with Crippen LogP contribution in [0, 0.1) is 0 Å². The average Bonchev–Trinajstić information content (AvgIpc) is 1.61. The number of nitrogens with zero attached hydrogens (tertiary/aromatic N) is 1. The Hall–Kier alpha value is -0.240. The first-order valence-electron chi connectivity index (χ1n) is 1.55. The first kappa shape index (κ1) is 5.76. The summed E-state index contributed by atoms with van der Waals surface area (Å²) in [7, 11) is 0. The van der Waals surface area contributed by atoms with Crippen molar-refractivity contribution in [2.45, 2.75) is 0 Å². The topological polar surface area (TPSA) is 12.4 Å². The summed E-state index contributed by atoms with van der Waals surface area (Å²) in [5.41, 5.74) is 0. The molecule has 0 aliphatic carbocycles. The molecule has 0 spiro atoms. The van der Waals surface area contributed by atoms with Crippen LogP contribution < -0.4 is 0 Å². The molecule has 6 heavy (non-hydrogen) atoms. The van der Waals surface area contributed by atoms with Gasteiger partial charge >= 0.3 is 0 Å². The fraction of sp³-hybridized carbons (Fsp3) is 0.250. The molecule has 0 amide bonds. The molecule has 0 atom stereocenters. The Kier molecular flexibility index (Phi) is 4.57. The average molecular weight is 101 g/mol. The van der Waals surface area contributed by atoms with Crippen LogP contribution in [-0.2, 0) is 0 Å². The highest BCUT2D eigenvalue weighted by Crippen LogP contribution is 1.90. The predicted molar refractivity (Wildman–Crippen MR) is 32.2 cm³/mol. The third-order valence-corrected chi connectivity index (χ3v) is 0.696. The predicted octanol–water partition coefficient (Wildman–Crippen LogP) is 1.52. The van der Waals surface area contributed by atoms with E-state index in [0.717, 1.165) is 0 Å². The Bertz CT molecular complexity index is 58.6. The van der Waals surface area contributed by atoms with Gasteiger partial charge in [0.25, 0.3) is 0 Å². The number of thioether (sulfide) groups is 1. The van der Waals surface area contributed by atoms with Gasteiger partial charge in [0.15, 0.2) is 0 Å². The fourth-order valence-corrected chi connectivity index (χ4v) is 0.312. The first-order chi connectivity index (χ1) is 2.91. The highest BCUT2D eigenvalue weighted by Gasteiger charge is 1.55. The number of hydrogen-bond acceptors (Lipinski definition) is 2. The van der Waals surface area contributed by atoms with Gasteiger partial charge in [-0.1, -0.05) is 0 Å². The van der Waals surface area contributed by atoms with E-state index >= 15 is 0 Å². The maximum atomic E-state index is 3.47. The maximum absolute atomic E-state index is 3.47. The molecule has 2 heteroatoms. The summed E-state index contributed by atoms with van der Waals surface area (Å²) < 4.78 is 0. The zero-order valence-electron chi connectivity index (χ0n) is 3.72. The van der Waals surface area contributed by atoms with Gasteiger partial charge in [-0.2, -0.15) is 0 Å². The minimum absolute atomic E-state index is 1.61. The van der Waals surface area contributed by atoms with Crippen molar-refractivity contribution in [2.24, 2.45) is 4.99 Å². The molecule has 0 aromatic heterocycles. The molecular formula is C4H7NS. The molecule has 0 unspecified atom stereocenters. The second-order valence-electron chi connectivity index (χ2n) is 0.703. The summed E-state index contributed by atoms with van der Waals surface area (Å²) in [5, 5.41) is 1.87.